The number of anilines is 1. The summed E-state index contributed by atoms with van der Waals surface area (Å²) < 4.78 is 19.4. The van der Waals surface area contributed by atoms with Crippen molar-refractivity contribution in [1.82, 2.24) is 24.8 Å². The van der Waals surface area contributed by atoms with Crippen LogP contribution in [0.1, 0.15) is 38.6 Å². The number of hydrogen-bond acceptors (Lipinski definition) is 6. The van der Waals surface area contributed by atoms with E-state index in [2.05, 4.69) is 32.1 Å². The van der Waals surface area contributed by atoms with Gasteiger partial charge >= 0.3 is 0 Å². The maximum atomic E-state index is 13.5. The summed E-state index contributed by atoms with van der Waals surface area (Å²) in [4.78, 5) is 19.4. The third-order valence-electron chi connectivity index (χ3n) is 4.82. The van der Waals surface area contributed by atoms with Crippen LogP contribution in [0.25, 0.3) is 22.6 Å². The van der Waals surface area contributed by atoms with Crippen molar-refractivity contribution in [2.75, 3.05) is 39.1 Å². The summed E-state index contributed by atoms with van der Waals surface area (Å²) in [5, 5.41) is 3.25. The highest BCUT2D eigenvalue weighted by Gasteiger charge is 2.21. The average molecular weight is 427 g/mol. The molecule has 0 amide bonds. The Bertz CT molecular complexity index is 951. The number of ether oxygens (including phenoxy) is 1. The molecule has 0 spiro atoms. The molecule has 7 nitrogen and oxygen atoms in total. The molecule has 0 saturated heterocycles. The molecule has 0 aliphatic rings. The third kappa shape index (κ3) is 6.08. The van der Waals surface area contributed by atoms with Gasteiger partial charge in [-0.2, -0.15) is 0 Å². The van der Waals surface area contributed by atoms with Crippen LogP contribution in [-0.2, 0) is 4.74 Å². The number of aromatic nitrogens is 4. The number of aromatic amines is 1. The topological polar surface area (TPSA) is 79.0 Å². The van der Waals surface area contributed by atoms with Crippen molar-refractivity contribution in [3.63, 3.8) is 0 Å². The predicted molar refractivity (Wildman–Crippen MR) is 121 cm³/mol. The summed E-state index contributed by atoms with van der Waals surface area (Å²) in [6, 6.07) is 8.18. The summed E-state index contributed by atoms with van der Waals surface area (Å²) >= 11 is 0. The number of hydrogen-bond donors (Lipinski definition) is 2. The fourth-order valence-corrected chi connectivity index (χ4v) is 3.28. The number of halogens is 1. The highest BCUT2D eigenvalue weighted by molar-refractivity contribution is 5.77. The average Bonchev–Trinajstić information content (AvgIpc) is 3.19. The van der Waals surface area contributed by atoms with E-state index in [0.717, 1.165) is 43.0 Å². The molecular formula is C23H31FN6O. The van der Waals surface area contributed by atoms with Gasteiger partial charge in [-0.3, -0.25) is 0 Å². The van der Waals surface area contributed by atoms with Crippen LogP contribution < -0.4 is 5.32 Å². The molecule has 0 radical (unpaired) electrons. The van der Waals surface area contributed by atoms with Crippen LogP contribution in [0, 0.1) is 5.82 Å². The first kappa shape index (κ1) is 22.8. The summed E-state index contributed by atoms with van der Waals surface area (Å²) in [6.07, 6.45) is 3.41. The molecule has 0 bridgehead atoms. The zero-order valence-electron chi connectivity index (χ0n) is 18.7. The Morgan fingerprint density at radius 1 is 1.13 bits per heavy atom. The van der Waals surface area contributed by atoms with Crippen LogP contribution >= 0.6 is 0 Å². The van der Waals surface area contributed by atoms with Gasteiger partial charge in [-0.1, -0.05) is 13.3 Å². The molecule has 3 aromatic rings. The number of imidazole rings is 1. The van der Waals surface area contributed by atoms with Crippen molar-refractivity contribution in [3.8, 4) is 22.6 Å². The van der Waals surface area contributed by atoms with E-state index in [0.29, 0.717) is 23.9 Å². The summed E-state index contributed by atoms with van der Waals surface area (Å²) in [6.45, 7) is 6.30. The van der Waals surface area contributed by atoms with Gasteiger partial charge in [0.05, 0.1) is 17.1 Å². The molecule has 2 heterocycles. The number of benzene rings is 1. The minimum atomic E-state index is -0.284. The number of likely N-dealkylation sites (N-methyl/N-ethyl adjacent to an activating group) is 1. The molecule has 0 fully saturated rings. The first-order chi connectivity index (χ1) is 15.0. The van der Waals surface area contributed by atoms with Gasteiger partial charge in [0.1, 0.15) is 17.7 Å². The fraction of sp³-hybridized carbons (Fsp3) is 0.435. The normalized spacial score (nSPS) is 12.3. The Morgan fingerprint density at radius 2 is 1.90 bits per heavy atom. The molecule has 166 valence electrons. The molecule has 0 aliphatic heterocycles. The molecular weight excluding hydrogens is 395 g/mol. The van der Waals surface area contributed by atoms with Crippen LogP contribution in [0.5, 0.6) is 0 Å². The highest BCUT2D eigenvalue weighted by atomic mass is 19.1. The van der Waals surface area contributed by atoms with Gasteiger partial charge < -0.3 is 19.9 Å². The van der Waals surface area contributed by atoms with Crippen LogP contribution in [-0.4, -0.2) is 58.6 Å². The number of H-pyrrole nitrogens is 1. The first-order valence-corrected chi connectivity index (χ1v) is 10.7. The number of rotatable bonds is 11. The third-order valence-corrected chi connectivity index (χ3v) is 4.82. The summed E-state index contributed by atoms with van der Waals surface area (Å²) in [5.41, 5.74) is 3.01. The second kappa shape index (κ2) is 11.0. The SMILES string of the molecule is CCCC(OCC)c1nc(-c2ccc(F)cc2)c(-c2ccnc(NCCN(C)C)n2)[nH]1. The van der Waals surface area contributed by atoms with Gasteiger partial charge in [0.15, 0.2) is 0 Å². The van der Waals surface area contributed by atoms with Crippen molar-refractivity contribution in [2.45, 2.75) is 32.8 Å². The molecule has 0 aliphatic carbocycles. The second-order valence-electron chi connectivity index (χ2n) is 7.58. The minimum Gasteiger partial charge on any atom is -0.371 e. The second-order valence-corrected chi connectivity index (χ2v) is 7.58. The minimum absolute atomic E-state index is 0.137. The van der Waals surface area contributed by atoms with E-state index in [1.54, 1.807) is 18.3 Å². The lowest BCUT2D eigenvalue weighted by molar-refractivity contribution is 0.0501. The van der Waals surface area contributed by atoms with Crippen LogP contribution in [0.15, 0.2) is 36.5 Å². The highest BCUT2D eigenvalue weighted by Crippen LogP contribution is 2.32. The van der Waals surface area contributed by atoms with E-state index >= 15 is 0 Å². The Labute approximate surface area is 183 Å². The van der Waals surface area contributed by atoms with Gasteiger partial charge in [0.2, 0.25) is 5.95 Å². The summed E-state index contributed by atoms with van der Waals surface area (Å²) in [7, 11) is 4.04. The van der Waals surface area contributed by atoms with Crippen molar-refractivity contribution in [2.24, 2.45) is 0 Å². The van der Waals surface area contributed by atoms with Crippen LogP contribution in [0.2, 0.25) is 0 Å². The van der Waals surface area contributed by atoms with Gasteiger partial charge in [-0.25, -0.2) is 19.3 Å². The molecule has 2 aromatic heterocycles. The Kier molecular flexibility index (Phi) is 8.08. The Hall–Kier alpha value is -2.84. The fourth-order valence-electron chi connectivity index (χ4n) is 3.28. The first-order valence-electron chi connectivity index (χ1n) is 10.7. The van der Waals surface area contributed by atoms with E-state index in [4.69, 9.17) is 9.72 Å². The smallest absolute Gasteiger partial charge is 0.223 e. The lowest BCUT2D eigenvalue weighted by Crippen LogP contribution is -2.21. The lowest BCUT2D eigenvalue weighted by atomic mass is 10.1. The van der Waals surface area contributed by atoms with E-state index in [9.17, 15) is 4.39 Å². The number of nitrogens with one attached hydrogen (secondary N) is 2. The standard InChI is InChI=1S/C23H31FN6O/c1-5-7-19(31-6-2)22-28-20(16-8-10-17(24)11-9-16)21(29-22)18-12-13-25-23(27-18)26-14-15-30(3)4/h8-13,19H,5-7,14-15H2,1-4H3,(H,28,29)(H,25,26,27). The Balaban J connectivity index is 2.00. The quantitative estimate of drug-likeness (QED) is 0.469. The van der Waals surface area contributed by atoms with E-state index in [1.807, 2.05) is 27.1 Å². The molecule has 1 unspecified atom stereocenters. The van der Waals surface area contributed by atoms with Gasteiger partial charge in [-0.05, 0) is 57.8 Å². The maximum Gasteiger partial charge on any atom is 0.223 e. The zero-order chi connectivity index (χ0) is 22.2. The van der Waals surface area contributed by atoms with Gasteiger partial charge in [0, 0.05) is 31.5 Å². The predicted octanol–water partition coefficient (Wildman–Crippen LogP) is 4.52. The van der Waals surface area contributed by atoms with E-state index < -0.39 is 0 Å². The largest absolute Gasteiger partial charge is 0.371 e. The summed E-state index contributed by atoms with van der Waals surface area (Å²) in [5.74, 6) is 1.02. The molecule has 8 heteroatoms. The van der Waals surface area contributed by atoms with Gasteiger partial charge in [-0.15, -0.1) is 0 Å². The molecule has 3 rings (SSSR count). The monoisotopic (exact) mass is 426 g/mol. The Morgan fingerprint density at radius 3 is 2.58 bits per heavy atom. The van der Waals surface area contributed by atoms with Crippen molar-refractivity contribution < 1.29 is 9.13 Å². The molecule has 31 heavy (non-hydrogen) atoms. The molecule has 1 atom stereocenters. The van der Waals surface area contributed by atoms with E-state index in [-0.39, 0.29) is 11.9 Å². The zero-order valence-corrected chi connectivity index (χ0v) is 18.7. The van der Waals surface area contributed by atoms with Crippen molar-refractivity contribution >= 4 is 5.95 Å². The maximum absolute atomic E-state index is 13.5. The number of nitrogens with zero attached hydrogens (tertiary/aromatic N) is 4. The van der Waals surface area contributed by atoms with Crippen LogP contribution in [0.4, 0.5) is 10.3 Å². The van der Waals surface area contributed by atoms with Crippen LogP contribution in [0.3, 0.4) is 0 Å². The molecule has 0 saturated carbocycles. The van der Waals surface area contributed by atoms with Crippen molar-refractivity contribution in [1.29, 1.82) is 0 Å². The van der Waals surface area contributed by atoms with Crippen molar-refractivity contribution in [3.05, 3.63) is 48.2 Å². The molecule has 2 N–H and O–H groups in total. The molecule has 1 aromatic carbocycles. The van der Waals surface area contributed by atoms with Gasteiger partial charge in [0.25, 0.3) is 0 Å². The van der Waals surface area contributed by atoms with E-state index in [1.165, 1.54) is 12.1 Å². The lowest BCUT2D eigenvalue weighted by Gasteiger charge is -2.13.